The van der Waals surface area contributed by atoms with Gasteiger partial charge in [-0.15, -0.1) is 0 Å². The number of para-hydroxylation sites is 1. The number of nitrogens with one attached hydrogen (secondary N) is 2. The standard InChI is InChI=1S/C28H31N3O3/c32-28(29-18-23-10-11-26-27(17-23)34-20-33-26)30-25-9-5-4-8-24(25)19-31-14-12-22(13-15-31)16-21-6-2-1-3-7-21/h1-11,17,22H,12-16,18-20H2,(H2,29,30,32). The van der Waals surface area contributed by atoms with Crippen LogP contribution in [0.2, 0.25) is 0 Å². The first-order valence-electron chi connectivity index (χ1n) is 12.0. The number of fused-ring (bicyclic) bond motifs is 1. The number of urea groups is 1. The zero-order valence-corrected chi connectivity index (χ0v) is 19.3. The summed E-state index contributed by atoms with van der Waals surface area (Å²) in [6.07, 6.45) is 3.58. The molecule has 0 aliphatic carbocycles. The lowest BCUT2D eigenvalue weighted by atomic mass is 9.90. The molecule has 0 radical (unpaired) electrons. The zero-order chi connectivity index (χ0) is 23.2. The predicted octanol–water partition coefficient (Wildman–Crippen LogP) is 5.19. The third-order valence-electron chi connectivity index (χ3n) is 6.62. The van der Waals surface area contributed by atoms with E-state index >= 15 is 0 Å². The second-order valence-electron chi connectivity index (χ2n) is 9.06. The Balaban J connectivity index is 1.11. The number of amides is 2. The number of carbonyl (C=O) groups is 1. The molecule has 0 aromatic heterocycles. The molecule has 3 aromatic carbocycles. The van der Waals surface area contributed by atoms with E-state index in [9.17, 15) is 4.79 Å². The molecule has 2 heterocycles. The number of hydrogen-bond donors (Lipinski definition) is 2. The van der Waals surface area contributed by atoms with Crippen LogP contribution in [0, 0.1) is 5.92 Å². The van der Waals surface area contributed by atoms with Gasteiger partial charge in [0.15, 0.2) is 11.5 Å². The van der Waals surface area contributed by atoms with Crippen LogP contribution in [-0.4, -0.2) is 30.8 Å². The Morgan fingerprint density at radius 2 is 1.65 bits per heavy atom. The molecular formula is C28H31N3O3. The number of nitrogens with zero attached hydrogens (tertiary/aromatic N) is 1. The first kappa shape index (κ1) is 22.3. The van der Waals surface area contributed by atoms with Crippen molar-refractivity contribution in [1.82, 2.24) is 10.2 Å². The number of ether oxygens (including phenoxy) is 2. The van der Waals surface area contributed by atoms with E-state index in [1.54, 1.807) is 0 Å². The van der Waals surface area contributed by atoms with E-state index in [0.29, 0.717) is 6.54 Å². The van der Waals surface area contributed by atoms with Gasteiger partial charge in [-0.05, 0) is 73.2 Å². The molecule has 0 saturated carbocycles. The minimum atomic E-state index is -0.216. The molecule has 6 heteroatoms. The molecular weight excluding hydrogens is 426 g/mol. The first-order chi connectivity index (χ1) is 16.7. The maximum absolute atomic E-state index is 12.6. The summed E-state index contributed by atoms with van der Waals surface area (Å²) >= 11 is 0. The summed E-state index contributed by atoms with van der Waals surface area (Å²) < 4.78 is 10.8. The Bertz CT molecular complexity index is 1110. The Morgan fingerprint density at radius 1 is 0.882 bits per heavy atom. The summed E-state index contributed by atoms with van der Waals surface area (Å²) in [5.41, 5.74) is 4.40. The van der Waals surface area contributed by atoms with E-state index in [1.165, 1.54) is 18.4 Å². The van der Waals surface area contributed by atoms with Gasteiger partial charge < -0.3 is 20.1 Å². The molecule has 176 valence electrons. The van der Waals surface area contributed by atoms with Gasteiger partial charge in [-0.3, -0.25) is 4.90 Å². The minimum Gasteiger partial charge on any atom is -0.454 e. The summed E-state index contributed by atoms with van der Waals surface area (Å²) in [6, 6.07) is 24.3. The topological polar surface area (TPSA) is 62.8 Å². The third kappa shape index (κ3) is 5.69. The van der Waals surface area contributed by atoms with Crippen molar-refractivity contribution in [2.75, 3.05) is 25.2 Å². The zero-order valence-electron chi connectivity index (χ0n) is 19.3. The van der Waals surface area contributed by atoms with Gasteiger partial charge in [0.25, 0.3) is 0 Å². The normalized spacial score (nSPS) is 15.8. The molecule has 34 heavy (non-hydrogen) atoms. The van der Waals surface area contributed by atoms with Crippen molar-refractivity contribution in [3.8, 4) is 11.5 Å². The van der Waals surface area contributed by atoms with Gasteiger partial charge in [-0.25, -0.2) is 4.79 Å². The first-order valence-corrected chi connectivity index (χ1v) is 12.0. The van der Waals surface area contributed by atoms with Crippen LogP contribution in [0.25, 0.3) is 0 Å². The highest BCUT2D eigenvalue weighted by Gasteiger charge is 2.20. The average molecular weight is 458 g/mol. The monoisotopic (exact) mass is 457 g/mol. The molecule has 0 unspecified atom stereocenters. The van der Waals surface area contributed by atoms with Crippen molar-refractivity contribution in [3.05, 3.63) is 89.5 Å². The number of hydrogen-bond acceptors (Lipinski definition) is 4. The minimum absolute atomic E-state index is 0.216. The summed E-state index contributed by atoms with van der Waals surface area (Å²) in [5, 5.41) is 5.97. The lowest BCUT2D eigenvalue weighted by Crippen LogP contribution is -2.34. The predicted molar refractivity (Wildman–Crippen MR) is 133 cm³/mol. The Hall–Kier alpha value is -3.51. The Kier molecular flexibility index (Phi) is 6.96. The highest BCUT2D eigenvalue weighted by atomic mass is 16.7. The van der Waals surface area contributed by atoms with Crippen LogP contribution in [0.15, 0.2) is 72.8 Å². The van der Waals surface area contributed by atoms with E-state index in [-0.39, 0.29) is 12.8 Å². The molecule has 0 spiro atoms. The fraction of sp³-hybridized carbons (Fsp3) is 0.321. The van der Waals surface area contributed by atoms with E-state index < -0.39 is 0 Å². The SMILES string of the molecule is O=C(NCc1ccc2c(c1)OCO2)Nc1ccccc1CN1CCC(Cc2ccccc2)CC1. The molecule has 6 nitrogen and oxygen atoms in total. The molecule has 0 bridgehead atoms. The van der Waals surface area contributed by atoms with Crippen molar-refractivity contribution < 1.29 is 14.3 Å². The highest BCUT2D eigenvalue weighted by molar-refractivity contribution is 5.90. The van der Waals surface area contributed by atoms with Crippen LogP contribution >= 0.6 is 0 Å². The van der Waals surface area contributed by atoms with Crippen LogP contribution in [0.3, 0.4) is 0 Å². The van der Waals surface area contributed by atoms with Crippen molar-refractivity contribution in [3.63, 3.8) is 0 Å². The maximum atomic E-state index is 12.6. The quantitative estimate of drug-likeness (QED) is 0.512. The van der Waals surface area contributed by atoms with E-state index in [1.807, 2.05) is 36.4 Å². The Labute approximate surface area is 200 Å². The van der Waals surface area contributed by atoms with Crippen LogP contribution in [0.1, 0.15) is 29.5 Å². The van der Waals surface area contributed by atoms with E-state index in [2.05, 4.69) is 51.9 Å². The highest BCUT2D eigenvalue weighted by Crippen LogP contribution is 2.32. The number of benzene rings is 3. The smallest absolute Gasteiger partial charge is 0.319 e. The molecule has 1 saturated heterocycles. The van der Waals surface area contributed by atoms with Gasteiger partial charge in [0.2, 0.25) is 6.79 Å². The summed E-state index contributed by atoms with van der Waals surface area (Å²) in [6.45, 7) is 3.68. The lowest BCUT2D eigenvalue weighted by molar-refractivity contribution is 0.174. The van der Waals surface area contributed by atoms with Crippen molar-refractivity contribution in [2.45, 2.75) is 32.4 Å². The van der Waals surface area contributed by atoms with Crippen molar-refractivity contribution in [2.24, 2.45) is 5.92 Å². The van der Waals surface area contributed by atoms with E-state index in [4.69, 9.17) is 9.47 Å². The number of anilines is 1. The van der Waals surface area contributed by atoms with Gasteiger partial charge in [-0.1, -0.05) is 54.6 Å². The molecule has 2 amide bonds. The second-order valence-corrected chi connectivity index (χ2v) is 9.06. The van der Waals surface area contributed by atoms with Gasteiger partial charge in [0.1, 0.15) is 0 Å². The Morgan fingerprint density at radius 3 is 2.50 bits per heavy atom. The molecule has 2 aliphatic rings. The van der Waals surface area contributed by atoms with Gasteiger partial charge >= 0.3 is 6.03 Å². The lowest BCUT2D eigenvalue weighted by Gasteiger charge is -2.32. The molecule has 1 fully saturated rings. The van der Waals surface area contributed by atoms with Crippen LogP contribution in [0.4, 0.5) is 10.5 Å². The molecule has 3 aromatic rings. The number of likely N-dealkylation sites (tertiary alicyclic amines) is 1. The molecule has 0 atom stereocenters. The van der Waals surface area contributed by atoms with Crippen LogP contribution < -0.4 is 20.1 Å². The van der Waals surface area contributed by atoms with Gasteiger partial charge in [-0.2, -0.15) is 0 Å². The molecule has 2 N–H and O–H groups in total. The summed E-state index contributed by atoms with van der Waals surface area (Å²) in [4.78, 5) is 15.1. The molecule has 5 rings (SSSR count). The fourth-order valence-electron chi connectivity index (χ4n) is 4.72. The summed E-state index contributed by atoms with van der Waals surface area (Å²) in [7, 11) is 0. The van der Waals surface area contributed by atoms with E-state index in [0.717, 1.165) is 60.3 Å². The number of carbonyl (C=O) groups excluding carboxylic acids is 1. The number of piperidine rings is 1. The van der Waals surface area contributed by atoms with Crippen LogP contribution in [-0.2, 0) is 19.5 Å². The van der Waals surface area contributed by atoms with Gasteiger partial charge in [0.05, 0.1) is 0 Å². The fourth-order valence-corrected chi connectivity index (χ4v) is 4.72. The maximum Gasteiger partial charge on any atom is 0.319 e. The molecule has 2 aliphatic heterocycles. The summed E-state index contributed by atoms with van der Waals surface area (Å²) in [5.74, 6) is 2.21. The third-order valence-corrected chi connectivity index (χ3v) is 6.62. The van der Waals surface area contributed by atoms with Crippen molar-refractivity contribution in [1.29, 1.82) is 0 Å². The number of rotatable bonds is 7. The largest absolute Gasteiger partial charge is 0.454 e. The van der Waals surface area contributed by atoms with Gasteiger partial charge in [0, 0.05) is 18.8 Å². The van der Waals surface area contributed by atoms with Crippen LogP contribution in [0.5, 0.6) is 11.5 Å². The average Bonchev–Trinajstić information content (AvgIpc) is 3.34. The second kappa shape index (κ2) is 10.6. The van der Waals surface area contributed by atoms with Crippen molar-refractivity contribution >= 4 is 11.7 Å².